The van der Waals surface area contributed by atoms with Crippen molar-refractivity contribution >= 4 is 21.8 Å². The molecule has 0 unspecified atom stereocenters. The summed E-state index contributed by atoms with van der Waals surface area (Å²) in [6, 6.07) is 0. The van der Waals surface area contributed by atoms with Crippen LogP contribution in [0, 0.1) is 6.92 Å². The molecule has 0 radical (unpaired) electrons. The zero-order valence-corrected chi connectivity index (χ0v) is 12.3. The minimum atomic E-state index is -0.0128. The Balaban J connectivity index is 1.97. The summed E-state index contributed by atoms with van der Waals surface area (Å²) in [4.78, 5) is 14.1. The number of carbonyl (C=O) groups excluding carboxylic acids is 1. The number of ether oxygens (including phenoxy) is 1. The van der Waals surface area contributed by atoms with Crippen LogP contribution < -0.4 is 0 Å². The van der Waals surface area contributed by atoms with E-state index in [0.29, 0.717) is 11.8 Å². The summed E-state index contributed by atoms with van der Waals surface area (Å²) >= 11 is 3.39. The van der Waals surface area contributed by atoms with Crippen LogP contribution in [-0.2, 0) is 4.74 Å². The molecule has 100 valence electrons. The molecule has 0 bridgehead atoms. The molecule has 1 fully saturated rings. The van der Waals surface area contributed by atoms with E-state index in [1.165, 1.54) is 0 Å². The minimum absolute atomic E-state index is 0.0128. The zero-order chi connectivity index (χ0) is 13.1. The Labute approximate surface area is 115 Å². The molecule has 2 rings (SSSR count). The quantitative estimate of drug-likeness (QED) is 0.929. The van der Waals surface area contributed by atoms with Gasteiger partial charge in [-0.05, 0) is 42.6 Å². The van der Waals surface area contributed by atoms with Gasteiger partial charge in [0.05, 0.1) is 10.6 Å². The Morgan fingerprint density at radius 1 is 1.56 bits per heavy atom. The molecule has 0 atom stereocenters. The van der Waals surface area contributed by atoms with Crippen LogP contribution in [0.2, 0.25) is 0 Å². The van der Waals surface area contributed by atoms with Gasteiger partial charge < -0.3 is 9.64 Å². The highest BCUT2D eigenvalue weighted by Crippen LogP contribution is 2.22. The minimum Gasteiger partial charge on any atom is -0.378 e. The van der Waals surface area contributed by atoms with Crippen molar-refractivity contribution in [1.82, 2.24) is 15.1 Å². The first kappa shape index (κ1) is 13.5. The van der Waals surface area contributed by atoms with Gasteiger partial charge in [-0.25, -0.2) is 0 Å². The van der Waals surface area contributed by atoms with Crippen LogP contribution >= 0.6 is 15.9 Å². The molecule has 0 aliphatic carbocycles. The van der Waals surface area contributed by atoms with Gasteiger partial charge in [-0.1, -0.05) is 0 Å². The lowest BCUT2D eigenvalue weighted by molar-refractivity contribution is 0.0144. The second-order valence-electron chi connectivity index (χ2n) is 4.46. The molecule has 18 heavy (non-hydrogen) atoms. The molecule has 1 N–H and O–H groups in total. The number of likely N-dealkylation sites (tertiary alicyclic amines) is 1. The van der Waals surface area contributed by atoms with Gasteiger partial charge in [-0.15, -0.1) is 0 Å². The summed E-state index contributed by atoms with van der Waals surface area (Å²) in [6.07, 6.45) is 2.10. The lowest BCUT2D eigenvalue weighted by atomic mass is 10.1. The molecule has 1 aromatic rings. The Bertz CT molecular complexity index is 425. The van der Waals surface area contributed by atoms with Gasteiger partial charge in [-0.3, -0.25) is 9.89 Å². The fourth-order valence-corrected chi connectivity index (χ4v) is 2.52. The third kappa shape index (κ3) is 2.75. The summed E-state index contributed by atoms with van der Waals surface area (Å²) in [7, 11) is 0. The van der Waals surface area contributed by atoms with Crippen molar-refractivity contribution in [3.8, 4) is 0 Å². The van der Waals surface area contributed by atoms with Gasteiger partial charge in [0.2, 0.25) is 0 Å². The van der Waals surface area contributed by atoms with E-state index in [2.05, 4.69) is 26.1 Å². The van der Waals surface area contributed by atoms with Gasteiger partial charge >= 0.3 is 0 Å². The van der Waals surface area contributed by atoms with E-state index in [4.69, 9.17) is 4.74 Å². The van der Waals surface area contributed by atoms with Crippen LogP contribution in [0.4, 0.5) is 0 Å². The van der Waals surface area contributed by atoms with E-state index in [9.17, 15) is 4.79 Å². The number of aromatic amines is 1. The average molecular weight is 316 g/mol. The van der Waals surface area contributed by atoms with Crippen molar-refractivity contribution in [2.75, 3.05) is 19.7 Å². The maximum Gasteiger partial charge on any atom is 0.275 e. The predicted molar refractivity (Wildman–Crippen MR) is 71.6 cm³/mol. The largest absolute Gasteiger partial charge is 0.378 e. The van der Waals surface area contributed by atoms with Crippen LogP contribution in [0.25, 0.3) is 0 Å². The lowest BCUT2D eigenvalue weighted by Crippen LogP contribution is -2.41. The number of piperidine rings is 1. The first-order chi connectivity index (χ1) is 8.63. The van der Waals surface area contributed by atoms with E-state index in [1.54, 1.807) is 0 Å². The molecule has 1 aliphatic rings. The monoisotopic (exact) mass is 315 g/mol. The summed E-state index contributed by atoms with van der Waals surface area (Å²) in [6.45, 7) is 6.10. The number of halogens is 1. The number of H-pyrrole nitrogens is 1. The number of hydrogen-bond acceptors (Lipinski definition) is 3. The lowest BCUT2D eigenvalue weighted by Gasteiger charge is -2.31. The first-order valence-corrected chi connectivity index (χ1v) is 7.04. The number of carbonyl (C=O) groups is 1. The molecular weight excluding hydrogens is 298 g/mol. The second-order valence-corrected chi connectivity index (χ2v) is 5.25. The summed E-state index contributed by atoms with van der Waals surface area (Å²) in [5.41, 5.74) is 1.35. The van der Waals surface area contributed by atoms with Gasteiger partial charge in [-0.2, -0.15) is 5.10 Å². The van der Waals surface area contributed by atoms with Crippen molar-refractivity contribution in [1.29, 1.82) is 0 Å². The normalized spacial score (nSPS) is 17.2. The molecule has 1 aliphatic heterocycles. The smallest absolute Gasteiger partial charge is 0.275 e. The molecule has 0 spiro atoms. The molecule has 6 heteroatoms. The number of nitrogens with one attached hydrogen (secondary N) is 1. The summed E-state index contributed by atoms with van der Waals surface area (Å²) < 4.78 is 6.34. The summed E-state index contributed by atoms with van der Waals surface area (Å²) in [5.74, 6) is -0.0128. The van der Waals surface area contributed by atoms with E-state index in [1.807, 2.05) is 18.7 Å². The van der Waals surface area contributed by atoms with Crippen LogP contribution in [0.5, 0.6) is 0 Å². The standard InChI is InChI=1S/C12H18BrN3O2/c1-3-18-9-4-6-16(7-5-9)12(17)11-10(13)8(2)14-15-11/h9H,3-7H2,1-2H3,(H,14,15). The SMILES string of the molecule is CCOC1CCN(C(=O)c2n[nH]c(C)c2Br)CC1. The predicted octanol–water partition coefficient (Wildman–Crippen LogP) is 2.12. The number of aryl methyl sites for hydroxylation is 1. The number of nitrogens with zero attached hydrogens (tertiary/aromatic N) is 2. The fourth-order valence-electron chi connectivity index (χ4n) is 2.17. The Morgan fingerprint density at radius 2 is 2.22 bits per heavy atom. The Morgan fingerprint density at radius 3 is 2.72 bits per heavy atom. The van der Waals surface area contributed by atoms with Crippen molar-refractivity contribution in [2.24, 2.45) is 0 Å². The van der Waals surface area contributed by atoms with Gasteiger partial charge in [0.25, 0.3) is 5.91 Å². The summed E-state index contributed by atoms with van der Waals surface area (Å²) in [5, 5.41) is 6.87. The zero-order valence-electron chi connectivity index (χ0n) is 10.7. The molecule has 2 heterocycles. The molecule has 1 saturated heterocycles. The molecule has 1 amide bonds. The van der Waals surface area contributed by atoms with Gasteiger partial charge in [0.1, 0.15) is 0 Å². The number of rotatable bonds is 3. The van der Waals surface area contributed by atoms with E-state index in [0.717, 1.165) is 42.7 Å². The van der Waals surface area contributed by atoms with E-state index in [-0.39, 0.29) is 5.91 Å². The molecule has 5 nitrogen and oxygen atoms in total. The molecule has 0 aromatic carbocycles. The number of amides is 1. The van der Waals surface area contributed by atoms with E-state index < -0.39 is 0 Å². The fraction of sp³-hybridized carbons (Fsp3) is 0.667. The number of aromatic nitrogens is 2. The second kappa shape index (κ2) is 5.84. The van der Waals surface area contributed by atoms with Crippen molar-refractivity contribution < 1.29 is 9.53 Å². The highest BCUT2D eigenvalue weighted by Gasteiger charge is 2.26. The molecular formula is C12H18BrN3O2. The van der Waals surface area contributed by atoms with Crippen LogP contribution in [-0.4, -0.2) is 46.8 Å². The molecule has 0 saturated carbocycles. The maximum atomic E-state index is 12.3. The van der Waals surface area contributed by atoms with Crippen molar-refractivity contribution in [3.05, 3.63) is 15.9 Å². The Kier molecular flexibility index (Phi) is 4.40. The van der Waals surface area contributed by atoms with Gasteiger partial charge in [0, 0.05) is 25.4 Å². The maximum absolute atomic E-state index is 12.3. The van der Waals surface area contributed by atoms with Crippen LogP contribution in [0.1, 0.15) is 35.9 Å². The Hall–Kier alpha value is -0.880. The van der Waals surface area contributed by atoms with Crippen LogP contribution in [0.3, 0.4) is 0 Å². The molecule has 1 aromatic heterocycles. The van der Waals surface area contributed by atoms with Crippen molar-refractivity contribution in [3.63, 3.8) is 0 Å². The average Bonchev–Trinajstić information content (AvgIpc) is 2.71. The van der Waals surface area contributed by atoms with Gasteiger partial charge in [0.15, 0.2) is 5.69 Å². The highest BCUT2D eigenvalue weighted by atomic mass is 79.9. The number of hydrogen-bond donors (Lipinski definition) is 1. The third-order valence-corrected chi connectivity index (χ3v) is 4.18. The third-order valence-electron chi connectivity index (χ3n) is 3.21. The van der Waals surface area contributed by atoms with E-state index >= 15 is 0 Å². The first-order valence-electron chi connectivity index (χ1n) is 6.24. The highest BCUT2D eigenvalue weighted by molar-refractivity contribution is 9.10. The van der Waals surface area contributed by atoms with Crippen molar-refractivity contribution in [2.45, 2.75) is 32.8 Å². The topological polar surface area (TPSA) is 58.2 Å². The van der Waals surface area contributed by atoms with Crippen LogP contribution in [0.15, 0.2) is 4.47 Å².